The molecule has 0 fully saturated rings. The Kier molecular flexibility index (Phi) is 5.22. The first kappa shape index (κ1) is 18.6. The summed E-state index contributed by atoms with van der Waals surface area (Å²) in [6, 6.07) is 15.1. The molecule has 0 aliphatic carbocycles. The molecule has 0 spiro atoms. The van der Waals surface area contributed by atoms with E-state index in [9.17, 15) is 4.79 Å². The number of rotatable bonds is 4. The molecule has 4 rings (SSSR count). The molecule has 0 bridgehead atoms. The Morgan fingerprint density at radius 2 is 1.72 bits per heavy atom. The molecule has 2 aromatic heterocycles. The van der Waals surface area contributed by atoms with E-state index in [1.54, 1.807) is 25.5 Å². The Hall–Kier alpha value is -3.71. The van der Waals surface area contributed by atoms with Crippen molar-refractivity contribution in [2.24, 2.45) is 0 Å². The zero-order valence-corrected chi connectivity index (χ0v) is 16.2. The Morgan fingerprint density at radius 1 is 0.931 bits per heavy atom. The van der Waals surface area contributed by atoms with Crippen LogP contribution in [-0.4, -0.2) is 28.0 Å². The van der Waals surface area contributed by atoms with Crippen LogP contribution in [0.1, 0.15) is 0 Å². The van der Waals surface area contributed by atoms with Gasteiger partial charge in [-0.25, -0.2) is 14.8 Å². The number of nitrogens with one attached hydrogen (secondary N) is 3. The number of anilines is 3. The number of pyridine rings is 1. The molecule has 7 nitrogen and oxygen atoms in total. The van der Waals surface area contributed by atoms with E-state index in [1.807, 2.05) is 42.5 Å². The molecule has 0 saturated heterocycles. The highest BCUT2D eigenvalue weighted by Gasteiger charge is 2.08. The lowest BCUT2D eigenvalue weighted by atomic mass is 10.0. The van der Waals surface area contributed by atoms with Gasteiger partial charge in [-0.1, -0.05) is 29.8 Å². The predicted octanol–water partition coefficient (Wildman–Crippen LogP) is 4.84. The fourth-order valence-corrected chi connectivity index (χ4v) is 3.07. The molecule has 8 heteroatoms. The Morgan fingerprint density at radius 3 is 2.48 bits per heavy atom. The molecule has 3 N–H and O–H groups in total. The number of halogens is 1. The van der Waals surface area contributed by atoms with Crippen molar-refractivity contribution in [1.29, 1.82) is 0 Å². The first-order valence-corrected chi connectivity index (χ1v) is 9.22. The summed E-state index contributed by atoms with van der Waals surface area (Å²) in [5, 5.41) is 9.93. The lowest BCUT2D eigenvalue weighted by molar-refractivity contribution is 0.254. The summed E-state index contributed by atoms with van der Waals surface area (Å²) in [6.45, 7) is 0. The van der Waals surface area contributed by atoms with Crippen molar-refractivity contribution in [2.75, 3.05) is 17.7 Å². The van der Waals surface area contributed by atoms with E-state index in [1.165, 1.54) is 6.33 Å². The topological polar surface area (TPSA) is 91.8 Å². The first-order valence-electron chi connectivity index (χ1n) is 8.84. The van der Waals surface area contributed by atoms with E-state index in [-0.39, 0.29) is 6.03 Å². The molecule has 0 atom stereocenters. The third kappa shape index (κ3) is 4.25. The number of nitrogens with zero attached hydrogens (tertiary/aromatic N) is 3. The summed E-state index contributed by atoms with van der Waals surface area (Å²) in [7, 11) is 1.58. The van der Waals surface area contributed by atoms with Crippen molar-refractivity contribution in [1.82, 2.24) is 20.3 Å². The normalized spacial score (nSPS) is 10.6. The fourth-order valence-electron chi connectivity index (χ4n) is 2.89. The van der Waals surface area contributed by atoms with Gasteiger partial charge in [-0.3, -0.25) is 4.98 Å². The maximum atomic E-state index is 11.4. The summed E-state index contributed by atoms with van der Waals surface area (Å²) < 4.78 is 0. The van der Waals surface area contributed by atoms with Gasteiger partial charge in [0.15, 0.2) is 0 Å². The van der Waals surface area contributed by atoms with E-state index < -0.39 is 0 Å². The highest BCUT2D eigenvalue weighted by Crippen LogP contribution is 2.29. The van der Waals surface area contributed by atoms with E-state index in [0.717, 1.165) is 27.7 Å². The minimum Gasteiger partial charge on any atom is -0.341 e. The van der Waals surface area contributed by atoms with Gasteiger partial charge in [-0.2, -0.15) is 0 Å². The van der Waals surface area contributed by atoms with Crippen LogP contribution >= 0.6 is 11.6 Å². The van der Waals surface area contributed by atoms with Crippen LogP contribution in [-0.2, 0) is 0 Å². The smallest absolute Gasteiger partial charge is 0.318 e. The van der Waals surface area contributed by atoms with E-state index >= 15 is 0 Å². The van der Waals surface area contributed by atoms with Crippen LogP contribution in [0.4, 0.5) is 22.0 Å². The molecule has 2 heterocycles. The Balaban J connectivity index is 1.67. The van der Waals surface area contributed by atoms with Gasteiger partial charge in [0.05, 0.1) is 22.4 Å². The number of benzene rings is 2. The van der Waals surface area contributed by atoms with Crippen molar-refractivity contribution in [3.05, 3.63) is 72.3 Å². The number of carbonyl (C=O) groups is 1. The molecule has 29 heavy (non-hydrogen) atoms. The highest BCUT2D eigenvalue weighted by atomic mass is 35.5. The zero-order valence-electron chi connectivity index (χ0n) is 15.5. The summed E-state index contributed by atoms with van der Waals surface area (Å²) >= 11 is 6.02. The third-order valence-electron chi connectivity index (χ3n) is 4.31. The van der Waals surface area contributed by atoms with Crippen molar-refractivity contribution >= 4 is 45.7 Å². The van der Waals surface area contributed by atoms with Crippen LogP contribution in [0.15, 0.2) is 67.3 Å². The maximum Gasteiger partial charge on any atom is 0.318 e. The average molecular weight is 405 g/mol. The Labute approximate surface area is 172 Å². The standard InChI is InChI=1S/C21H17ClN6O/c1-23-21(29)28-16-5-2-13(3-6-16)14-4-7-19-18(8-14)20(26-12-25-19)27-17-9-15(22)10-24-11-17/h2-12H,1H3,(H2,23,28,29)(H,25,26,27). The summed E-state index contributed by atoms with van der Waals surface area (Å²) in [5.41, 5.74) is 4.29. The van der Waals surface area contributed by atoms with E-state index in [4.69, 9.17) is 11.6 Å². The van der Waals surface area contributed by atoms with Crippen molar-refractivity contribution < 1.29 is 4.79 Å². The van der Waals surface area contributed by atoms with E-state index in [0.29, 0.717) is 16.5 Å². The average Bonchev–Trinajstić information content (AvgIpc) is 2.74. The molecule has 4 aromatic rings. The molecule has 0 unspecified atom stereocenters. The quantitative estimate of drug-likeness (QED) is 0.452. The Bertz CT molecular complexity index is 1180. The number of aromatic nitrogens is 3. The second kappa shape index (κ2) is 8.12. The van der Waals surface area contributed by atoms with Crippen molar-refractivity contribution in [3.63, 3.8) is 0 Å². The van der Waals surface area contributed by atoms with Gasteiger partial charge >= 0.3 is 6.03 Å². The molecule has 144 valence electrons. The number of hydrogen-bond acceptors (Lipinski definition) is 5. The zero-order chi connectivity index (χ0) is 20.2. The number of carbonyl (C=O) groups excluding carboxylic acids is 1. The fraction of sp³-hybridized carbons (Fsp3) is 0.0476. The SMILES string of the molecule is CNC(=O)Nc1ccc(-c2ccc3ncnc(Nc4cncc(Cl)c4)c3c2)cc1. The molecule has 0 aliphatic rings. The van der Waals surface area contributed by atoms with Gasteiger partial charge < -0.3 is 16.0 Å². The van der Waals surface area contributed by atoms with Crippen LogP contribution in [0.25, 0.3) is 22.0 Å². The van der Waals surface area contributed by atoms with Crippen molar-refractivity contribution in [3.8, 4) is 11.1 Å². The van der Waals surface area contributed by atoms with Gasteiger partial charge in [0, 0.05) is 24.3 Å². The molecule has 0 radical (unpaired) electrons. The second-order valence-electron chi connectivity index (χ2n) is 6.25. The van der Waals surface area contributed by atoms with Crippen molar-refractivity contribution in [2.45, 2.75) is 0 Å². The third-order valence-corrected chi connectivity index (χ3v) is 4.51. The molecule has 2 aromatic carbocycles. The van der Waals surface area contributed by atoms with Gasteiger partial charge in [-0.15, -0.1) is 0 Å². The monoisotopic (exact) mass is 404 g/mol. The van der Waals surface area contributed by atoms with Crippen LogP contribution in [0.2, 0.25) is 5.02 Å². The van der Waals surface area contributed by atoms with Gasteiger partial charge in [0.2, 0.25) is 0 Å². The summed E-state index contributed by atoms with van der Waals surface area (Å²) in [5.74, 6) is 0.666. The molecule has 0 saturated carbocycles. The lowest BCUT2D eigenvalue weighted by Gasteiger charge is -2.10. The van der Waals surface area contributed by atoms with Gasteiger partial charge in [0.25, 0.3) is 0 Å². The van der Waals surface area contributed by atoms with Gasteiger partial charge in [-0.05, 0) is 41.5 Å². The number of hydrogen-bond donors (Lipinski definition) is 3. The van der Waals surface area contributed by atoms with Crippen LogP contribution in [0, 0.1) is 0 Å². The summed E-state index contributed by atoms with van der Waals surface area (Å²) in [4.78, 5) is 24.2. The minimum absolute atomic E-state index is 0.258. The molecular weight excluding hydrogens is 388 g/mol. The number of urea groups is 1. The van der Waals surface area contributed by atoms with Gasteiger partial charge in [0.1, 0.15) is 12.1 Å². The number of amides is 2. The second-order valence-corrected chi connectivity index (χ2v) is 6.69. The molecule has 0 aliphatic heterocycles. The van der Waals surface area contributed by atoms with Crippen LogP contribution in [0.5, 0.6) is 0 Å². The van der Waals surface area contributed by atoms with Crippen LogP contribution < -0.4 is 16.0 Å². The number of fused-ring (bicyclic) bond motifs is 1. The first-order chi connectivity index (χ1) is 14.1. The predicted molar refractivity (Wildman–Crippen MR) is 116 cm³/mol. The van der Waals surface area contributed by atoms with E-state index in [2.05, 4.69) is 30.9 Å². The van der Waals surface area contributed by atoms with Crippen LogP contribution in [0.3, 0.4) is 0 Å². The molecule has 2 amide bonds. The summed E-state index contributed by atoms with van der Waals surface area (Å²) in [6.07, 6.45) is 4.77. The lowest BCUT2D eigenvalue weighted by Crippen LogP contribution is -2.24. The maximum absolute atomic E-state index is 11.4. The minimum atomic E-state index is -0.258. The largest absolute Gasteiger partial charge is 0.341 e. The highest BCUT2D eigenvalue weighted by molar-refractivity contribution is 6.30. The molecular formula is C21H17ClN6O.